The van der Waals surface area contributed by atoms with Gasteiger partial charge in [0.1, 0.15) is 5.02 Å². The summed E-state index contributed by atoms with van der Waals surface area (Å²) < 4.78 is 0. The van der Waals surface area contributed by atoms with E-state index < -0.39 is 4.92 Å². The zero-order valence-electron chi connectivity index (χ0n) is 12.0. The molecule has 0 amide bonds. The van der Waals surface area contributed by atoms with Crippen molar-refractivity contribution in [2.75, 3.05) is 7.05 Å². The second kappa shape index (κ2) is 6.70. The summed E-state index contributed by atoms with van der Waals surface area (Å²) in [4.78, 5) is 12.6. The van der Waals surface area contributed by atoms with E-state index in [0.29, 0.717) is 6.54 Å². The van der Waals surface area contributed by atoms with Crippen LogP contribution in [0.15, 0.2) is 42.5 Å². The van der Waals surface area contributed by atoms with Crippen molar-refractivity contribution in [3.05, 3.63) is 74.3 Å². The van der Waals surface area contributed by atoms with Crippen molar-refractivity contribution in [1.29, 1.82) is 0 Å². The molecule has 0 spiro atoms. The van der Waals surface area contributed by atoms with E-state index in [1.165, 1.54) is 17.2 Å². The Hall–Kier alpha value is -1.91. The van der Waals surface area contributed by atoms with Crippen molar-refractivity contribution in [3.8, 4) is 0 Å². The molecule has 0 N–H and O–H groups in total. The van der Waals surface area contributed by atoms with Gasteiger partial charge in [0.05, 0.1) is 4.92 Å². The van der Waals surface area contributed by atoms with Crippen LogP contribution in [0, 0.1) is 17.0 Å². The fourth-order valence-electron chi connectivity index (χ4n) is 2.24. The lowest BCUT2D eigenvalue weighted by molar-refractivity contribution is -0.384. The maximum Gasteiger partial charge on any atom is 0.288 e. The number of hydrogen-bond donors (Lipinski definition) is 0. The predicted octanol–water partition coefficient (Wildman–Crippen LogP) is 4.19. The zero-order valence-corrected chi connectivity index (χ0v) is 12.8. The summed E-state index contributed by atoms with van der Waals surface area (Å²) in [6.45, 7) is 3.51. The molecule has 2 aromatic rings. The molecule has 0 atom stereocenters. The summed E-state index contributed by atoms with van der Waals surface area (Å²) in [7, 11) is 1.99. The Morgan fingerprint density at radius 3 is 2.57 bits per heavy atom. The maximum absolute atomic E-state index is 10.9. The van der Waals surface area contributed by atoms with Crippen molar-refractivity contribution in [1.82, 2.24) is 4.90 Å². The standard InChI is InChI=1S/C16H17ClN2O2/c1-12-5-3-4-6-14(12)11-18(2)10-13-7-8-15(17)16(9-13)19(20)21/h3-9H,10-11H2,1-2H3. The number of halogens is 1. The lowest BCUT2D eigenvalue weighted by Crippen LogP contribution is -2.17. The second-order valence-electron chi connectivity index (χ2n) is 5.14. The first-order valence-corrected chi connectivity index (χ1v) is 7.01. The van der Waals surface area contributed by atoms with Gasteiger partial charge in [0.15, 0.2) is 0 Å². The third-order valence-electron chi connectivity index (χ3n) is 3.36. The van der Waals surface area contributed by atoms with Gasteiger partial charge in [-0.25, -0.2) is 0 Å². The Kier molecular flexibility index (Phi) is 4.94. The van der Waals surface area contributed by atoms with Crippen molar-refractivity contribution < 1.29 is 4.92 Å². The highest BCUT2D eigenvalue weighted by atomic mass is 35.5. The quantitative estimate of drug-likeness (QED) is 0.614. The van der Waals surface area contributed by atoms with Crippen LogP contribution in [0.1, 0.15) is 16.7 Å². The average molecular weight is 305 g/mol. The summed E-state index contributed by atoms with van der Waals surface area (Å²) in [6.07, 6.45) is 0. The normalized spacial score (nSPS) is 10.9. The van der Waals surface area contributed by atoms with Crippen LogP contribution in [0.25, 0.3) is 0 Å². The van der Waals surface area contributed by atoms with Crippen LogP contribution in [0.3, 0.4) is 0 Å². The zero-order chi connectivity index (χ0) is 15.4. The molecular formula is C16H17ClN2O2. The predicted molar refractivity (Wildman–Crippen MR) is 84.5 cm³/mol. The minimum atomic E-state index is -0.451. The molecule has 2 rings (SSSR count). The van der Waals surface area contributed by atoms with E-state index >= 15 is 0 Å². The lowest BCUT2D eigenvalue weighted by atomic mass is 10.1. The van der Waals surface area contributed by atoms with Crippen molar-refractivity contribution in [2.24, 2.45) is 0 Å². The molecule has 0 aromatic heterocycles. The van der Waals surface area contributed by atoms with Crippen LogP contribution in [-0.2, 0) is 13.1 Å². The van der Waals surface area contributed by atoms with E-state index in [4.69, 9.17) is 11.6 Å². The van der Waals surface area contributed by atoms with Crippen LogP contribution in [0.4, 0.5) is 5.69 Å². The van der Waals surface area contributed by atoms with Gasteiger partial charge in [0, 0.05) is 19.2 Å². The van der Waals surface area contributed by atoms with Crippen molar-refractivity contribution in [2.45, 2.75) is 20.0 Å². The smallest absolute Gasteiger partial charge is 0.288 e. The lowest BCUT2D eigenvalue weighted by Gasteiger charge is -2.18. The van der Waals surface area contributed by atoms with Gasteiger partial charge in [-0.1, -0.05) is 41.9 Å². The number of nitro benzene ring substituents is 1. The largest absolute Gasteiger partial charge is 0.298 e. The number of rotatable bonds is 5. The first kappa shape index (κ1) is 15.5. The molecule has 0 aliphatic rings. The number of hydrogen-bond acceptors (Lipinski definition) is 3. The fourth-order valence-corrected chi connectivity index (χ4v) is 2.43. The highest BCUT2D eigenvalue weighted by molar-refractivity contribution is 6.32. The highest BCUT2D eigenvalue weighted by Gasteiger charge is 2.13. The van der Waals surface area contributed by atoms with Gasteiger partial charge in [-0.15, -0.1) is 0 Å². The molecule has 0 bridgehead atoms. The molecule has 110 valence electrons. The summed E-state index contributed by atoms with van der Waals surface area (Å²) in [6, 6.07) is 13.1. The summed E-state index contributed by atoms with van der Waals surface area (Å²) >= 11 is 5.82. The summed E-state index contributed by atoms with van der Waals surface area (Å²) in [5.41, 5.74) is 3.33. The van der Waals surface area contributed by atoms with Gasteiger partial charge in [-0.05, 0) is 36.7 Å². The van der Waals surface area contributed by atoms with Crippen LogP contribution >= 0.6 is 11.6 Å². The minimum absolute atomic E-state index is 0.0431. The fraction of sp³-hybridized carbons (Fsp3) is 0.250. The molecule has 2 aromatic carbocycles. The van der Waals surface area contributed by atoms with Gasteiger partial charge < -0.3 is 0 Å². The Morgan fingerprint density at radius 2 is 1.90 bits per heavy atom. The van der Waals surface area contributed by atoms with Gasteiger partial charge >= 0.3 is 0 Å². The first-order chi connectivity index (χ1) is 9.97. The highest BCUT2D eigenvalue weighted by Crippen LogP contribution is 2.25. The van der Waals surface area contributed by atoms with E-state index in [0.717, 1.165) is 12.1 Å². The van der Waals surface area contributed by atoms with E-state index in [1.807, 2.05) is 25.2 Å². The van der Waals surface area contributed by atoms with Crippen molar-refractivity contribution in [3.63, 3.8) is 0 Å². The van der Waals surface area contributed by atoms with Gasteiger partial charge in [-0.2, -0.15) is 0 Å². The topological polar surface area (TPSA) is 46.4 Å². The number of nitrogens with zero attached hydrogens (tertiary/aromatic N) is 2. The third kappa shape index (κ3) is 4.03. The molecule has 0 saturated carbocycles. The molecule has 0 fully saturated rings. The first-order valence-electron chi connectivity index (χ1n) is 6.63. The Bertz CT molecular complexity index is 658. The molecule has 0 saturated heterocycles. The van der Waals surface area contributed by atoms with Crippen LogP contribution in [0.2, 0.25) is 5.02 Å². The third-order valence-corrected chi connectivity index (χ3v) is 3.68. The molecule has 4 nitrogen and oxygen atoms in total. The van der Waals surface area contributed by atoms with E-state index in [2.05, 4.69) is 24.0 Å². The van der Waals surface area contributed by atoms with Crippen LogP contribution in [-0.4, -0.2) is 16.9 Å². The van der Waals surface area contributed by atoms with Crippen LogP contribution < -0.4 is 0 Å². The molecule has 0 radical (unpaired) electrons. The van der Waals surface area contributed by atoms with Gasteiger partial charge in [-0.3, -0.25) is 15.0 Å². The molecule has 0 heterocycles. The molecule has 0 aliphatic carbocycles. The van der Waals surface area contributed by atoms with E-state index in [1.54, 1.807) is 6.07 Å². The molecular weight excluding hydrogens is 288 g/mol. The average Bonchev–Trinajstić information content (AvgIpc) is 2.43. The molecule has 0 unspecified atom stereocenters. The SMILES string of the molecule is Cc1ccccc1CN(C)Cc1ccc(Cl)c([N+](=O)[O-])c1. The number of benzene rings is 2. The molecule has 5 heteroatoms. The monoisotopic (exact) mass is 304 g/mol. The number of nitro groups is 1. The summed E-state index contributed by atoms with van der Waals surface area (Å²) in [5, 5.41) is 11.1. The van der Waals surface area contributed by atoms with Gasteiger partial charge in [0.25, 0.3) is 5.69 Å². The van der Waals surface area contributed by atoms with Crippen molar-refractivity contribution >= 4 is 17.3 Å². The minimum Gasteiger partial charge on any atom is -0.298 e. The Balaban J connectivity index is 2.09. The number of aryl methyl sites for hydroxylation is 1. The van der Waals surface area contributed by atoms with E-state index in [9.17, 15) is 10.1 Å². The molecule has 0 aliphatic heterocycles. The molecule has 21 heavy (non-hydrogen) atoms. The Labute approximate surface area is 129 Å². The van der Waals surface area contributed by atoms with E-state index in [-0.39, 0.29) is 10.7 Å². The maximum atomic E-state index is 10.9. The summed E-state index contributed by atoms with van der Waals surface area (Å²) in [5.74, 6) is 0. The second-order valence-corrected chi connectivity index (χ2v) is 5.55. The van der Waals surface area contributed by atoms with Crippen LogP contribution in [0.5, 0.6) is 0 Å². The Morgan fingerprint density at radius 1 is 1.19 bits per heavy atom. The van der Waals surface area contributed by atoms with Gasteiger partial charge in [0.2, 0.25) is 0 Å².